The summed E-state index contributed by atoms with van der Waals surface area (Å²) in [6.07, 6.45) is -0.0990. The molecule has 0 N–H and O–H groups in total. The van der Waals surface area contributed by atoms with Crippen LogP contribution in [0.1, 0.15) is 24.2 Å². The van der Waals surface area contributed by atoms with Gasteiger partial charge in [-0.25, -0.2) is 17.6 Å². The van der Waals surface area contributed by atoms with Crippen molar-refractivity contribution in [2.75, 3.05) is 32.8 Å². The Morgan fingerprint density at radius 2 is 1.56 bits per heavy atom. The largest absolute Gasteiger partial charge is 0.369 e. The molecule has 0 bridgehead atoms. The molecule has 0 saturated carbocycles. The molecule has 2 rings (SSSR count). The number of carbonyl (C=O) groups is 2. The molecule has 25 heavy (non-hydrogen) atoms. The lowest BCUT2D eigenvalue weighted by molar-refractivity contribution is -0.139. The normalized spacial score (nSPS) is 15.0. The number of hydrogen-bond acceptors (Lipinski definition) is 3. The molecule has 1 fully saturated rings. The molecule has 0 aliphatic carbocycles. The van der Waals surface area contributed by atoms with E-state index < -0.39 is 34.7 Å². The van der Waals surface area contributed by atoms with Crippen LogP contribution in [-0.4, -0.2) is 60.5 Å². The Balaban J connectivity index is 2.01. The second-order valence-electron chi connectivity index (χ2n) is 5.88. The van der Waals surface area contributed by atoms with Crippen molar-refractivity contribution in [2.45, 2.75) is 20.0 Å². The second kappa shape index (κ2) is 7.81. The zero-order valence-corrected chi connectivity index (χ0v) is 13.8. The van der Waals surface area contributed by atoms with E-state index in [4.69, 9.17) is 4.74 Å². The van der Waals surface area contributed by atoms with E-state index in [-0.39, 0.29) is 44.8 Å². The van der Waals surface area contributed by atoms with Gasteiger partial charge in [-0.2, -0.15) is 0 Å². The third-order valence-electron chi connectivity index (χ3n) is 3.79. The number of halogens is 4. The summed E-state index contributed by atoms with van der Waals surface area (Å²) in [6.45, 7) is 3.98. The summed E-state index contributed by atoms with van der Waals surface area (Å²) in [5.74, 6) is -8.56. The van der Waals surface area contributed by atoms with Gasteiger partial charge in [0.1, 0.15) is 6.61 Å². The number of carbonyl (C=O) groups excluding carboxylic acids is 2. The van der Waals surface area contributed by atoms with Crippen molar-refractivity contribution < 1.29 is 31.9 Å². The van der Waals surface area contributed by atoms with Crippen molar-refractivity contribution in [2.24, 2.45) is 0 Å². The van der Waals surface area contributed by atoms with Crippen LogP contribution < -0.4 is 0 Å². The highest BCUT2D eigenvalue weighted by atomic mass is 19.2. The Hall–Kier alpha value is -2.16. The highest BCUT2D eigenvalue weighted by Gasteiger charge is 2.29. The van der Waals surface area contributed by atoms with Crippen LogP contribution in [0.15, 0.2) is 6.07 Å². The summed E-state index contributed by atoms with van der Waals surface area (Å²) in [5, 5.41) is 0. The van der Waals surface area contributed by atoms with Gasteiger partial charge in [-0.1, -0.05) is 0 Å². The van der Waals surface area contributed by atoms with Crippen molar-refractivity contribution in [1.29, 1.82) is 0 Å². The number of rotatable bonds is 4. The molecule has 1 saturated heterocycles. The number of amides is 2. The minimum atomic E-state index is -2.03. The molecule has 1 aromatic carbocycles. The number of hydrogen-bond donors (Lipinski definition) is 0. The number of ether oxygens (including phenoxy) is 1. The lowest BCUT2D eigenvalue weighted by Gasteiger charge is -2.35. The first-order valence-electron chi connectivity index (χ1n) is 7.74. The van der Waals surface area contributed by atoms with Gasteiger partial charge in [0.2, 0.25) is 5.91 Å². The van der Waals surface area contributed by atoms with E-state index in [9.17, 15) is 27.2 Å². The highest BCUT2D eigenvalue weighted by molar-refractivity contribution is 5.94. The predicted molar refractivity (Wildman–Crippen MR) is 79.8 cm³/mol. The summed E-state index contributed by atoms with van der Waals surface area (Å²) < 4.78 is 58.4. The van der Waals surface area contributed by atoms with Gasteiger partial charge in [-0.05, 0) is 19.9 Å². The van der Waals surface area contributed by atoms with Crippen LogP contribution in [0.5, 0.6) is 0 Å². The molecule has 0 radical (unpaired) electrons. The first kappa shape index (κ1) is 19.2. The predicted octanol–water partition coefficient (Wildman–Crippen LogP) is 1.95. The average molecular weight is 362 g/mol. The van der Waals surface area contributed by atoms with Crippen LogP contribution in [-0.2, 0) is 9.53 Å². The van der Waals surface area contributed by atoms with Gasteiger partial charge in [-0.15, -0.1) is 0 Å². The van der Waals surface area contributed by atoms with E-state index in [2.05, 4.69) is 0 Å². The molecule has 2 amide bonds. The Morgan fingerprint density at radius 1 is 1.00 bits per heavy atom. The molecule has 0 spiro atoms. The Labute approximate surface area is 142 Å². The van der Waals surface area contributed by atoms with Gasteiger partial charge in [0.25, 0.3) is 5.91 Å². The van der Waals surface area contributed by atoms with E-state index in [1.54, 1.807) is 13.8 Å². The van der Waals surface area contributed by atoms with Crippen molar-refractivity contribution in [3.63, 3.8) is 0 Å². The molecule has 5 nitrogen and oxygen atoms in total. The first-order valence-corrected chi connectivity index (χ1v) is 7.74. The van der Waals surface area contributed by atoms with Gasteiger partial charge < -0.3 is 14.5 Å². The van der Waals surface area contributed by atoms with E-state index in [0.29, 0.717) is 6.07 Å². The molecule has 1 heterocycles. The molecule has 138 valence electrons. The van der Waals surface area contributed by atoms with Crippen molar-refractivity contribution in [3.05, 3.63) is 34.9 Å². The summed E-state index contributed by atoms with van der Waals surface area (Å²) in [6, 6.07) is 0.337. The molecule has 9 heteroatoms. The molecule has 1 aliphatic rings. The first-order chi connectivity index (χ1) is 11.7. The smallest absolute Gasteiger partial charge is 0.257 e. The Morgan fingerprint density at radius 3 is 2.12 bits per heavy atom. The van der Waals surface area contributed by atoms with E-state index in [0.717, 1.165) is 4.90 Å². The molecular formula is C16H18F4N2O3. The monoisotopic (exact) mass is 362 g/mol. The van der Waals surface area contributed by atoms with Gasteiger partial charge in [0.05, 0.1) is 11.7 Å². The minimum absolute atomic E-state index is 0.0618. The van der Waals surface area contributed by atoms with Crippen LogP contribution in [0.25, 0.3) is 0 Å². The zero-order valence-electron chi connectivity index (χ0n) is 13.8. The van der Waals surface area contributed by atoms with Gasteiger partial charge in [0.15, 0.2) is 23.3 Å². The Bertz CT molecular complexity index is 674. The van der Waals surface area contributed by atoms with Gasteiger partial charge >= 0.3 is 0 Å². The fourth-order valence-corrected chi connectivity index (χ4v) is 2.39. The van der Waals surface area contributed by atoms with Gasteiger partial charge in [-0.3, -0.25) is 9.59 Å². The summed E-state index contributed by atoms with van der Waals surface area (Å²) >= 11 is 0. The van der Waals surface area contributed by atoms with Crippen LogP contribution in [0.4, 0.5) is 17.6 Å². The number of benzene rings is 1. The van der Waals surface area contributed by atoms with Crippen molar-refractivity contribution in [1.82, 2.24) is 9.80 Å². The summed E-state index contributed by atoms with van der Waals surface area (Å²) in [4.78, 5) is 26.8. The van der Waals surface area contributed by atoms with E-state index >= 15 is 0 Å². The number of piperazine rings is 1. The summed E-state index contributed by atoms with van der Waals surface area (Å²) in [7, 11) is 0. The molecule has 1 aromatic rings. The SMILES string of the molecule is CC(C)OCC(=O)N1CCN(C(=O)c2cc(F)c(F)c(F)c2F)CC1. The maximum Gasteiger partial charge on any atom is 0.257 e. The topological polar surface area (TPSA) is 49.9 Å². The lowest BCUT2D eigenvalue weighted by atomic mass is 10.1. The third-order valence-corrected chi connectivity index (χ3v) is 3.79. The van der Waals surface area contributed by atoms with Crippen LogP contribution >= 0.6 is 0 Å². The van der Waals surface area contributed by atoms with Crippen LogP contribution in [0, 0.1) is 23.3 Å². The second-order valence-corrected chi connectivity index (χ2v) is 5.88. The summed E-state index contributed by atoms with van der Waals surface area (Å²) in [5.41, 5.74) is -0.876. The fraction of sp³-hybridized carbons (Fsp3) is 0.500. The number of nitrogens with zero attached hydrogens (tertiary/aromatic N) is 2. The standard InChI is InChI=1S/C16H18F4N2O3/c1-9(2)25-8-12(23)21-3-5-22(6-4-21)16(24)10-7-11(17)14(19)15(20)13(10)18/h7,9H,3-6,8H2,1-2H3. The van der Waals surface area contributed by atoms with Crippen molar-refractivity contribution in [3.8, 4) is 0 Å². The van der Waals surface area contributed by atoms with Gasteiger partial charge in [0, 0.05) is 26.2 Å². The average Bonchev–Trinajstić information content (AvgIpc) is 2.60. The van der Waals surface area contributed by atoms with Crippen LogP contribution in [0.3, 0.4) is 0 Å². The molecule has 1 aliphatic heterocycles. The lowest BCUT2D eigenvalue weighted by Crippen LogP contribution is -2.51. The zero-order chi connectivity index (χ0) is 18.7. The highest BCUT2D eigenvalue weighted by Crippen LogP contribution is 2.20. The minimum Gasteiger partial charge on any atom is -0.369 e. The van der Waals surface area contributed by atoms with E-state index in [1.807, 2.05) is 0 Å². The molecular weight excluding hydrogens is 344 g/mol. The maximum atomic E-state index is 13.7. The third kappa shape index (κ3) is 4.28. The molecule has 0 aromatic heterocycles. The van der Waals surface area contributed by atoms with Crippen LogP contribution in [0.2, 0.25) is 0 Å². The van der Waals surface area contributed by atoms with E-state index in [1.165, 1.54) is 4.90 Å². The quantitative estimate of drug-likeness (QED) is 0.467. The Kier molecular flexibility index (Phi) is 5.99. The molecule has 0 atom stereocenters. The van der Waals surface area contributed by atoms with Crippen molar-refractivity contribution >= 4 is 11.8 Å². The maximum absolute atomic E-state index is 13.7. The molecule has 0 unspecified atom stereocenters. The fourth-order valence-electron chi connectivity index (χ4n) is 2.39.